The standard InChI is InChI=1S/C15H19F3N2O/c1-10-5-3-4-6-13(10)20(2)14(21)12-8-7-11(9-19-12)15(16,17)18/h3-6,11-12,19H,7-9H2,1-2H3. The molecule has 1 aromatic rings. The maximum absolute atomic E-state index is 12.6. The minimum Gasteiger partial charge on any atom is -0.314 e. The summed E-state index contributed by atoms with van der Waals surface area (Å²) in [4.78, 5) is 13.9. The number of anilines is 1. The fourth-order valence-corrected chi connectivity index (χ4v) is 2.64. The molecule has 1 amide bonds. The number of carbonyl (C=O) groups excluding carboxylic acids is 1. The number of benzene rings is 1. The first-order valence-corrected chi connectivity index (χ1v) is 6.94. The van der Waals surface area contributed by atoms with E-state index < -0.39 is 18.1 Å². The number of carbonyl (C=O) groups is 1. The van der Waals surface area contributed by atoms with Gasteiger partial charge in [-0.15, -0.1) is 0 Å². The molecule has 116 valence electrons. The van der Waals surface area contributed by atoms with Crippen LogP contribution >= 0.6 is 0 Å². The second-order valence-corrected chi connectivity index (χ2v) is 5.46. The molecule has 1 aromatic carbocycles. The first-order valence-electron chi connectivity index (χ1n) is 6.94. The molecule has 0 aromatic heterocycles. The van der Waals surface area contributed by atoms with Gasteiger partial charge < -0.3 is 10.2 Å². The SMILES string of the molecule is Cc1ccccc1N(C)C(=O)C1CCC(C(F)(F)F)CN1. The Kier molecular flexibility index (Phi) is 4.56. The Morgan fingerprint density at radius 2 is 1.95 bits per heavy atom. The Hall–Kier alpha value is -1.56. The minimum absolute atomic E-state index is 0.00544. The molecule has 0 radical (unpaired) electrons. The van der Waals surface area contributed by atoms with Gasteiger partial charge in [0.15, 0.2) is 0 Å². The van der Waals surface area contributed by atoms with Crippen LogP contribution in [0.4, 0.5) is 18.9 Å². The van der Waals surface area contributed by atoms with Crippen molar-refractivity contribution in [2.24, 2.45) is 5.92 Å². The summed E-state index contributed by atoms with van der Waals surface area (Å²) in [6.07, 6.45) is -3.99. The number of amides is 1. The number of alkyl halides is 3. The van der Waals surface area contributed by atoms with Gasteiger partial charge in [-0.05, 0) is 31.4 Å². The molecule has 1 aliphatic rings. The molecule has 1 N–H and O–H groups in total. The molecule has 2 rings (SSSR count). The van der Waals surface area contributed by atoms with Crippen LogP contribution in [0.3, 0.4) is 0 Å². The Morgan fingerprint density at radius 1 is 1.29 bits per heavy atom. The fourth-order valence-electron chi connectivity index (χ4n) is 2.64. The lowest BCUT2D eigenvalue weighted by Gasteiger charge is -2.32. The van der Waals surface area contributed by atoms with E-state index in [4.69, 9.17) is 0 Å². The maximum Gasteiger partial charge on any atom is 0.393 e. The molecule has 1 fully saturated rings. The third-order valence-electron chi connectivity index (χ3n) is 3.98. The number of nitrogens with zero attached hydrogens (tertiary/aromatic N) is 1. The highest BCUT2D eigenvalue weighted by Crippen LogP contribution is 2.32. The van der Waals surface area contributed by atoms with E-state index in [1.54, 1.807) is 7.05 Å². The van der Waals surface area contributed by atoms with Crippen molar-refractivity contribution in [2.75, 3.05) is 18.5 Å². The molecular formula is C15H19F3N2O. The van der Waals surface area contributed by atoms with Gasteiger partial charge in [0.1, 0.15) is 0 Å². The van der Waals surface area contributed by atoms with Gasteiger partial charge in [0.25, 0.3) is 0 Å². The van der Waals surface area contributed by atoms with Crippen LogP contribution in [-0.4, -0.2) is 31.7 Å². The van der Waals surface area contributed by atoms with Crippen molar-refractivity contribution < 1.29 is 18.0 Å². The van der Waals surface area contributed by atoms with Crippen LogP contribution in [-0.2, 0) is 4.79 Å². The number of nitrogens with one attached hydrogen (secondary N) is 1. The quantitative estimate of drug-likeness (QED) is 0.911. The smallest absolute Gasteiger partial charge is 0.314 e. The molecule has 0 saturated carbocycles. The fraction of sp³-hybridized carbons (Fsp3) is 0.533. The summed E-state index contributed by atoms with van der Waals surface area (Å²) in [7, 11) is 1.65. The minimum atomic E-state index is -4.19. The second kappa shape index (κ2) is 6.05. The highest BCUT2D eigenvalue weighted by molar-refractivity contribution is 5.97. The summed E-state index contributed by atoms with van der Waals surface area (Å²) < 4.78 is 37.8. The van der Waals surface area contributed by atoms with Crippen molar-refractivity contribution in [3.8, 4) is 0 Å². The van der Waals surface area contributed by atoms with E-state index in [1.807, 2.05) is 31.2 Å². The summed E-state index contributed by atoms with van der Waals surface area (Å²) in [5.74, 6) is -1.55. The van der Waals surface area contributed by atoms with Crippen LogP contribution in [0.25, 0.3) is 0 Å². The molecule has 3 nitrogen and oxygen atoms in total. The molecule has 0 aliphatic carbocycles. The highest BCUT2D eigenvalue weighted by Gasteiger charge is 2.42. The van der Waals surface area contributed by atoms with E-state index >= 15 is 0 Å². The zero-order chi connectivity index (χ0) is 15.6. The van der Waals surface area contributed by atoms with Crippen LogP contribution in [0.1, 0.15) is 18.4 Å². The van der Waals surface area contributed by atoms with Gasteiger partial charge in [-0.1, -0.05) is 18.2 Å². The van der Waals surface area contributed by atoms with E-state index in [0.29, 0.717) is 0 Å². The molecular weight excluding hydrogens is 281 g/mol. The van der Waals surface area contributed by atoms with Gasteiger partial charge in [0.2, 0.25) is 5.91 Å². The van der Waals surface area contributed by atoms with E-state index in [1.165, 1.54) is 4.90 Å². The summed E-state index contributed by atoms with van der Waals surface area (Å²) >= 11 is 0. The van der Waals surface area contributed by atoms with E-state index in [0.717, 1.165) is 11.3 Å². The predicted octanol–water partition coefficient (Wildman–Crippen LogP) is 2.89. The van der Waals surface area contributed by atoms with Gasteiger partial charge in [-0.3, -0.25) is 4.79 Å². The van der Waals surface area contributed by atoms with Crippen molar-refractivity contribution in [2.45, 2.75) is 32.0 Å². The number of piperidine rings is 1. The lowest BCUT2D eigenvalue weighted by molar-refractivity contribution is -0.180. The van der Waals surface area contributed by atoms with Crippen LogP contribution in [0.2, 0.25) is 0 Å². The van der Waals surface area contributed by atoms with Crippen molar-refractivity contribution in [1.82, 2.24) is 5.32 Å². The lowest BCUT2D eigenvalue weighted by atomic mass is 9.93. The average molecular weight is 300 g/mol. The Balaban J connectivity index is 2.01. The Bertz CT molecular complexity index is 508. The summed E-state index contributed by atoms with van der Waals surface area (Å²) in [6.45, 7) is 1.70. The van der Waals surface area contributed by atoms with Gasteiger partial charge in [0, 0.05) is 19.3 Å². The molecule has 0 spiro atoms. The van der Waals surface area contributed by atoms with Gasteiger partial charge in [-0.25, -0.2) is 0 Å². The number of hydrogen-bond acceptors (Lipinski definition) is 2. The zero-order valence-corrected chi connectivity index (χ0v) is 12.1. The first-order chi connectivity index (χ1) is 9.80. The third-order valence-corrected chi connectivity index (χ3v) is 3.98. The van der Waals surface area contributed by atoms with Gasteiger partial charge >= 0.3 is 6.18 Å². The number of para-hydroxylation sites is 1. The molecule has 21 heavy (non-hydrogen) atoms. The number of hydrogen-bond donors (Lipinski definition) is 1. The lowest BCUT2D eigenvalue weighted by Crippen LogP contribution is -2.51. The van der Waals surface area contributed by atoms with Gasteiger partial charge in [0.05, 0.1) is 12.0 Å². The molecule has 1 heterocycles. The number of aryl methyl sites for hydroxylation is 1. The number of likely N-dealkylation sites (N-methyl/N-ethyl adjacent to an activating group) is 1. The molecule has 1 saturated heterocycles. The molecule has 1 aliphatic heterocycles. The first kappa shape index (κ1) is 15.8. The second-order valence-electron chi connectivity index (χ2n) is 5.46. The zero-order valence-electron chi connectivity index (χ0n) is 12.1. The number of halogens is 3. The van der Waals surface area contributed by atoms with E-state index in [2.05, 4.69) is 5.32 Å². The normalized spacial score (nSPS) is 22.9. The monoisotopic (exact) mass is 300 g/mol. The molecule has 6 heteroatoms. The Morgan fingerprint density at radius 3 is 2.48 bits per heavy atom. The summed E-state index contributed by atoms with van der Waals surface area (Å²) in [5.41, 5.74) is 1.74. The third kappa shape index (κ3) is 3.56. The number of rotatable bonds is 2. The van der Waals surface area contributed by atoms with Crippen LogP contribution < -0.4 is 10.2 Å². The van der Waals surface area contributed by atoms with Crippen molar-refractivity contribution in [1.29, 1.82) is 0 Å². The summed E-state index contributed by atoms with van der Waals surface area (Å²) in [6, 6.07) is 6.89. The van der Waals surface area contributed by atoms with Crippen LogP contribution in [0, 0.1) is 12.8 Å². The van der Waals surface area contributed by atoms with Crippen molar-refractivity contribution in [3.63, 3.8) is 0 Å². The maximum atomic E-state index is 12.6. The largest absolute Gasteiger partial charge is 0.393 e. The van der Waals surface area contributed by atoms with Gasteiger partial charge in [-0.2, -0.15) is 13.2 Å². The molecule has 0 bridgehead atoms. The van der Waals surface area contributed by atoms with E-state index in [9.17, 15) is 18.0 Å². The average Bonchev–Trinajstić information content (AvgIpc) is 2.45. The predicted molar refractivity (Wildman–Crippen MR) is 75.2 cm³/mol. The van der Waals surface area contributed by atoms with Crippen molar-refractivity contribution >= 4 is 11.6 Å². The van der Waals surface area contributed by atoms with Crippen LogP contribution in [0.15, 0.2) is 24.3 Å². The molecule has 2 atom stereocenters. The topological polar surface area (TPSA) is 32.3 Å². The van der Waals surface area contributed by atoms with Crippen LogP contribution in [0.5, 0.6) is 0 Å². The highest BCUT2D eigenvalue weighted by atomic mass is 19.4. The van der Waals surface area contributed by atoms with Crippen molar-refractivity contribution in [3.05, 3.63) is 29.8 Å². The Labute approximate surface area is 122 Å². The molecule has 2 unspecified atom stereocenters. The summed E-state index contributed by atoms with van der Waals surface area (Å²) in [5, 5.41) is 2.73. The van der Waals surface area contributed by atoms with E-state index in [-0.39, 0.29) is 25.3 Å².